The van der Waals surface area contributed by atoms with Crippen LogP contribution in [0.5, 0.6) is 0 Å². The van der Waals surface area contributed by atoms with Gasteiger partial charge in [0.2, 0.25) is 0 Å². The van der Waals surface area contributed by atoms with Gasteiger partial charge in [0, 0.05) is 38.4 Å². The van der Waals surface area contributed by atoms with Crippen LogP contribution in [0.1, 0.15) is 24.0 Å². The molecule has 1 aliphatic heterocycles. The second kappa shape index (κ2) is 7.33. The molecule has 0 bridgehead atoms. The molecular formula is C14H22N4O3. The lowest BCUT2D eigenvalue weighted by atomic mass is 10.1. The van der Waals surface area contributed by atoms with Gasteiger partial charge in [-0.2, -0.15) is 0 Å². The van der Waals surface area contributed by atoms with E-state index >= 15 is 0 Å². The van der Waals surface area contributed by atoms with E-state index in [-0.39, 0.29) is 0 Å². The Hall–Kier alpha value is -1.73. The van der Waals surface area contributed by atoms with Crippen molar-refractivity contribution in [3.63, 3.8) is 0 Å². The summed E-state index contributed by atoms with van der Waals surface area (Å²) >= 11 is 0. The van der Waals surface area contributed by atoms with Crippen LogP contribution in [0.4, 0.5) is 4.79 Å². The van der Waals surface area contributed by atoms with Crippen LogP contribution in [-0.2, 0) is 24.2 Å². The van der Waals surface area contributed by atoms with Crippen LogP contribution in [0.25, 0.3) is 0 Å². The average molecular weight is 294 g/mol. The normalized spacial score (nSPS) is 14.3. The fraction of sp³-hybridized carbons (Fsp3) is 0.643. The molecule has 0 atom stereocenters. The molecule has 0 fully saturated rings. The van der Waals surface area contributed by atoms with Crippen molar-refractivity contribution in [3.05, 3.63) is 23.3 Å². The lowest BCUT2D eigenvalue weighted by Gasteiger charge is -2.26. The van der Waals surface area contributed by atoms with Crippen molar-refractivity contribution in [2.75, 3.05) is 33.4 Å². The molecule has 0 unspecified atom stereocenters. The van der Waals surface area contributed by atoms with Gasteiger partial charge in [-0.15, -0.1) is 0 Å². The summed E-state index contributed by atoms with van der Waals surface area (Å²) in [5, 5.41) is 9.02. The van der Waals surface area contributed by atoms with Gasteiger partial charge in [0.1, 0.15) is 5.82 Å². The molecule has 0 aromatic carbocycles. The van der Waals surface area contributed by atoms with Crippen LogP contribution in [0, 0.1) is 0 Å². The monoisotopic (exact) mass is 294 g/mol. The second-order valence-corrected chi connectivity index (χ2v) is 5.07. The molecule has 1 N–H and O–H groups in total. The molecular weight excluding hydrogens is 272 g/mol. The molecule has 1 aliphatic rings. The maximum atomic E-state index is 11.0. The number of likely N-dealkylation sites (N-methyl/N-ethyl adjacent to an activating group) is 1. The minimum absolute atomic E-state index is 0.381. The summed E-state index contributed by atoms with van der Waals surface area (Å²) in [7, 11) is 1.69. The van der Waals surface area contributed by atoms with Crippen LogP contribution >= 0.6 is 0 Å². The van der Waals surface area contributed by atoms with Crippen molar-refractivity contribution in [1.82, 2.24) is 19.8 Å². The van der Waals surface area contributed by atoms with Gasteiger partial charge in [-0.05, 0) is 6.54 Å². The van der Waals surface area contributed by atoms with Gasteiger partial charge in [0.25, 0.3) is 0 Å². The zero-order valence-corrected chi connectivity index (χ0v) is 12.6. The lowest BCUT2D eigenvalue weighted by molar-refractivity contribution is 0.139. The highest BCUT2D eigenvalue weighted by molar-refractivity contribution is 5.65. The Bertz CT molecular complexity index is 495. The number of ether oxygens (including phenoxy) is 1. The van der Waals surface area contributed by atoms with Crippen LogP contribution < -0.4 is 0 Å². The largest absolute Gasteiger partial charge is 0.465 e. The topological polar surface area (TPSA) is 78.8 Å². The average Bonchev–Trinajstić information content (AvgIpc) is 2.50. The zero-order chi connectivity index (χ0) is 15.2. The first-order chi connectivity index (χ1) is 10.1. The van der Waals surface area contributed by atoms with Crippen molar-refractivity contribution < 1.29 is 14.6 Å². The molecule has 116 valence electrons. The van der Waals surface area contributed by atoms with E-state index in [1.807, 2.05) is 0 Å². The third kappa shape index (κ3) is 4.12. The molecule has 0 saturated heterocycles. The highest BCUT2D eigenvalue weighted by Crippen LogP contribution is 2.16. The fourth-order valence-corrected chi connectivity index (χ4v) is 2.37. The van der Waals surface area contributed by atoms with Crippen LogP contribution in [0.3, 0.4) is 0 Å². The smallest absolute Gasteiger partial charge is 0.407 e. The van der Waals surface area contributed by atoms with E-state index < -0.39 is 6.09 Å². The maximum Gasteiger partial charge on any atom is 0.407 e. The summed E-state index contributed by atoms with van der Waals surface area (Å²) in [6.07, 6.45) is 1.53. The van der Waals surface area contributed by atoms with Gasteiger partial charge in [-0.1, -0.05) is 6.92 Å². The minimum Gasteiger partial charge on any atom is -0.465 e. The summed E-state index contributed by atoms with van der Waals surface area (Å²) in [6, 6.07) is 0. The number of aromatic nitrogens is 2. The molecule has 1 aromatic rings. The van der Waals surface area contributed by atoms with E-state index in [1.54, 1.807) is 13.3 Å². The van der Waals surface area contributed by atoms with Crippen molar-refractivity contribution in [2.24, 2.45) is 0 Å². The fourth-order valence-electron chi connectivity index (χ4n) is 2.37. The lowest BCUT2D eigenvalue weighted by Crippen LogP contribution is -2.35. The van der Waals surface area contributed by atoms with Gasteiger partial charge in [0.05, 0.1) is 25.4 Å². The Morgan fingerprint density at radius 3 is 3.05 bits per heavy atom. The zero-order valence-electron chi connectivity index (χ0n) is 12.6. The third-order valence-electron chi connectivity index (χ3n) is 3.68. The van der Waals surface area contributed by atoms with E-state index in [9.17, 15) is 4.79 Å². The van der Waals surface area contributed by atoms with Crippen molar-refractivity contribution in [1.29, 1.82) is 0 Å². The van der Waals surface area contributed by atoms with E-state index in [1.165, 1.54) is 4.90 Å². The van der Waals surface area contributed by atoms with E-state index in [0.717, 1.165) is 30.2 Å². The van der Waals surface area contributed by atoms with Crippen molar-refractivity contribution in [3.8, 4) is 0 Å². The SMILES string of the molecule is CCN(CCOC)Cc1ncc2c(n1)CCN(C(=O)O)C2. The molecule has 0 radical (unpaired) electrons. The molecule has 1 aromatic heterocycles. The number of carboxylic acid groups (broad SMARTS) is 1. The number of hydrogen-bond donors (Lipinski definition) is 1. The molecule has 0 spiro atoms. The van der Waals surface area contributed by atoms with Gasteiger partial charge in [0.15, 0.2) is 0 Å². The summed E-state index contributed by atoms with van der Waals surface area (Å²) in [6.45, 7) is 6.11. The van der Waals surface area contributed by atoms with Gasteiger partial charge in [-0.3, -0.25) is 4.90 Å². The van der Waals surface area contributed by atoms with Crippen LogP contribution in [-0.4, -0.2) is 64.3 Å². The van der Waals surface area contributed by atoms with E-state index in [0.29, 0.717) is 32.7 Å². The Kier molecular flexibility index (Phi) is 5.46. The summed E-state index contributed by atoms with van der Waals surface area (Å²) in [5.41, 5.74) is 1.88. The first-order valence-electron chi connectivity index (χ1n) is 7.16. The standard InChI is InChI=1S/C14H22N4O3/c1-3-17(6-7-21-2)10-13-15-8-11-9-18(14(19)20)5-4-12(11)16-13/h8H,3-7,9-10H2,1-2H3,(H,19,20). The number of amides is 1. The van der Waals surface area contributed by atoms with Crippen molar-refractivity contribution >= 4 is 6.09 Å². The molecule has 7 nitrogen and oxygen atoms in total. The Balaban J connectivity index is 2.03. The first-order valence-corrected chi connectivity index (χ1v) is 7.16. The van der Waals surface area contributed by atoms with Crippen LogP contribution in [0.2, 0.25) is 0 Å². The third-order valence-corrected chi connectivity index (χ3v) is 3.68. The highest BCUT2D eigenvalue weighted by Gasteiger charge is 2.21. The Morgan fingerprint density at radius 2 is 2.38 bits per heavy atom. The number of fused-ring (bicyclic) bond motifs is 1. The first kappa shape index (κ1) is 15.7. The molecule has 21 heavy (non-hydrogen) atoms. The van der Waals surface area contributed by atoms with E-state index in [2.05, 4.69) is 21.8 Å². The van der Waals surface area contributed by atoms with Gasteiger partial charge < -0.3 is 14.7 Å². The number of methoxy groups -OCH3 is 1. The molecule has 0 saturated carbocycles. The summed E-state index contributed by atoms with van der Waals surface area (Å²) in [5.74, 6) is 0.787. The van der Waals surface area contributed by atoms with Gasteiger partial charge >= 0.3 is 6.09 Å². The number of nitrogens with zero attached hydrogens (tertiary/aromatic N) is 4. The molecule has 2 rings (SSSR count). The Labute approximate surface area is 124 Å². The van der Waals surface area contributed by atoms with Gasteiger partial charge in [-0.25, -0.2) is 14.8 Å². The predicted molar refractivity (Wildman–Crippen MR) is 77.0 cm³/mol. The second-order valence-electron chi connectivity index (χ2n) is 5.07. The van der Waals surface area contributed by atoms with E-state index in [4.69, 9.17) is 9.84 Å². The Morgan fingerprint density at radius 1 is 1.57 bits per heavy atom. The summed E-state index contributed by atoms with van der Waals surface area (Å²) in [4.78, 5) is 23.6. The number of hydrogen-bond acceptors (Lipinski definition) is 5. The minimum atomic E-state index is -0.888. The highest BCUT2D eigenvalue weighted by atomic mass is 16.5. The van der Waals surface area contributed by atoms with Crippen LogP contribution in [0.15, 0.2) is 6.20 Å². The number of rotatable bonds is 6. The predicted octanol–water partition coefficient (Wildman–Crippen LogP) is 0.981. The molecule has 2 heterocycles. The maximum absolute atomic E-state index is 11.0. The summed E-state index contributed by atoms with van der Waals surface area (Å²) < 4.78 is 5.09. The van der Waals surface area contributed by atoms with Crippen molar-refractivity contribution in [2.45, 2.75) is 26.4 Å². The molecule has 0 aliphatic carbocycles. The quantitative estimate of drug-likeness (QED) is 0.842. The molecule has 7 heteroatoms. The molecule has 1 amide bonds. The number of carbonyl (C=O) groups is 1.